The molecular weight excluding hydrogens is 233 g/mol. The zero-order chi connectivity index (χ0) is 12.1. The number of halogens is 1. The van der Waals surface area contributed by atoms with Crippen molar-refractivity contribution in [2.45, 2.75) is 10.6 Å². The monoisotopic (exact) mass is 243 g/mol. The van der Waals surface area contributed by atoms with Crippen LogP contribution in [0.3, 0.4) is 0 Å². The molecule has 0 bridgehead atoms. The maximum Gasteiger partial charge on any atom is 0.124 e. The second-order valence-corrected chi connectivity index (χ2v) is 4.54. The molecule has 0 saturated carbocycles. The summed E-state index contributed by atoms with van der Waals surface area (Å²) in [5, 5.41) is 8.92. The summed E-state index contributed by atoms with van der Waals surface area (Å²) in [6.45, 7) is 0. The second-order valence-electron chi connectivity index (χ2n) is 3.53. The van der Waals surface area contributed by atoms with Crippen LogP contribution in [0, 0.1) is 17.1 Å². The molecule has 2 aromatic carbocycles. The van der Waals surface area contributed by atoms with Crippen molar-refractivity contribution < 1.29 is 4.39 Å². The molecule has 0 spiro atoms. The Morgan fingerprint density at radius 3 is 2.59 bits per heavy atom. The molecule has 2 rings (SSSR count). The maximum absolute atomic E-state index is 13.1. The lowest BCUT2D eigenvalue weighted by Crippen LogP contribution is -1.85. The first-order chi connectivity index (χ1) is 8.29. The first-order valence-electron chi connectivity index (χ1n) is 5.16. The van der Waals surface area contributed by atoms with E-state index in [1.54, 1.807) is 0 Å². The third kappa shape index (κ3) is 3.08. The van der Waals surface area contributed by atoms with Gasteiger partial charge in [-0.1, -0.05) is 30.3 Å². The van der Waals surface area contributed by atoms with Gasteiger partial charge in [-0.3, -0.25) is 0 Å². The van der Waals surface area contributed by atoms with Crippen molar-refractivity contribution in [2.24, 2.45) is 0 Å². The van der Waals surface area contributed by atoms with Crippen LogP contribution in [0.25, 0.3) is 0 Å². The van der Waals surface area contributed by atoms with Crippen LogP contribution in [-0.4, -0.2) is 0 Å². The van der Waals surface area contributed by atoms with Crippen molar-refractivity contribution in [1.29, 1.82) is 5.26 Å². The Bertz CT molecular complexity index is 546. The molecule has 0 fully saturated rings. The van der Waals surface area contributed by atoms with E-state index in [0.29, 0.717) is 10.5 Å². The van der Waals surface area contributed by atoms with Gasteiger partial charge in [0.15, 0.2) is 0 Å². The normalized spacial score (nSPS) is 9.88. The predicted molar refractivity (Wildman–Crippen MR) is 67.1 cm³/mol. The summed E-state index contributed by atoms with van der Waals surface area (Å²) >= 11 is 1.48. The second kappa shape index (κ2) is 5.51. The van der Waals surface area contributed by atoms with Gasteiger partial charge >= 0.3 is 0 Å². The summed E-state index contributed by atoms with van der Waals surface area (Å²) in [7, 11) is 0. The molecule has 0 amide bonds. The standard InChI is InChI=1S/C14H10FNS/c15-13-7-6-12(9-16)14(8-13)17-10-11-4-2-1-3-5-11/h1-8H,10H2. The molecule has 0 unspecified atom stereocenters. The van der Waals surface area contributed by atoms with Gasteiger partial charge in [-0.05, 0) is 23.8 Å². The smallest absolute Gasteiger partial charge is 0.124 e. The molecule has 0 aliphatic heterocycles. The third-order valence-electron chi connectivity index (χ3n) is 2.30. The van der Waals surface area contributed by atoms with Crippen LogP contribution in [0.5, 0.6) is 0 Å². The minimum Gasteiger partial charge on any atom is -0.207 e. The van der Waals surface area contributed by atoms with Crippen molar-refractivity contribution >= 4 is 11.8 Å². The Balaban J connectivity index is 2.14. The van der Waals surface area contributed by atoms with Gasteiger partial charge in [0.05, 0.1) is 5.56 Å². The highest BCUT2D eigenvalue weighted by atomic mass is 32.2. The fourth-order valence-corrected chi connectivity index (χ4v) is 2.42. The first-order valence-corrected chi connectivity index (χ1v) is 6.14. The lowest BCUT2D eigenvalue weighted by molar-refractivity contribution is 0.624. The SMILES string of the molecule is N#Cc1ccc(F)cc1SCc1ccccc1. The van der Waals surface area contributed by atoms with Gasteiger partial charge in [-0.15, -0.1) is 11.8 Å². The summed E-state index contributed by atoms with van der Waals surface area (Å²) in [4.78, 5) is 0.691. The van der Waals surface area contributed by atoms with Crippen molar-refractivity contribution in [2.75, 3.05) is 0 Å². The fourth-order valence-electron chi connectivity index (χ4n) is 1.44. The number of hydrogen-bond acceptors (Lipinski definition) is 2. The lowest BCUT2D eigenvalue weighted by Gasteiger charge is -2.04. The number of rotatable bonds is 3. The van der Waals surface area contributed by atoms with Gasteiger partial charge in [0, 0.05) is 10.6 Å². The number of hydrogen-bond donors (Lipinski definition) is 0. The number of nitrogens with zero attached hydrogens (tertiary/aromatic N) is 1. The largest absolute Gasteiger partial charge is 0.207 e. The molecule has 0 saturated heterocycles. The predicted octanol–water partition coefficient (Wildman–Crippen LogP) is 3.99. The molecule has 0 aliphatic carbocycles. The van der Waals surface area contributed by atoms with Crippen LogP contribution < -0.4 is 0 Å². The minimum atomic E-state index is -0.306. The fraction of sp³-hybridized carbons (Fsp3) is 0.0714. The van der Waals surface area contributed by atoms with E-state index in [0.717, 1.165) is 11.3 Å². The Morgan fingerprint density at radius 2 is 1.88 bits per heavy atom. The summed E-state index contributed by atoms with van der Waals surface area (Å²) in [5.41, 5.74) is 1.68. The van der Waals surface area contributed by atoms with Crippen molar-refractivity contribution in [3.63, 3.8) is 0 Å². The molecule has 84 valence electrons. The number of nitriles is 1. The molecule has 0 aliphatic rings. The first kappa shape index (κ1) is 11.7. The van der Waals surface area contributed by atoms with Gasteiger partial charge < -0.3 is 0 Å². The molecule has 0 radical (unpaired) electrons. The van der Waals surface area contributed by atoms with E-state index in [1.807, 2.05) is 30.3 Å². The van der Waals surface area contributed by atoms with Crippen molar-refractivity contribution in [3.8, 4) is 6.07 Å². The van der Waals surface area contributed by atoms with Gasteiger partial charge in [0.2, 0.25) is 0 Å². The molecule has 2 aromatic rings. The zero-order valence-electron chi connectivity index (χ0n) is 9.06. The molecule has 3 heteroatoms. The van der Waals surface area contributed by atoms with E-state index >= 15 is 0 Å². The maximum atomic E-state index is 13.1. The van der Waals surface area contributed by atoms with Crippen LogP contribution >= 0.6 is 11.8 Å². The van der Waals surface area contributed by atoms with Gasteiger partial charge in [0.1, 0.15) is 11.9 Å². The van der Waals surface area contributed by atoms with Crippen molar-refractivity contribution in [1.82, 2.24) is 0 Å². The quantitative estimate of drug-likeness (QED) is 0.761. The minimum absolute atomic E-state index is 0.306. The zero-order valence-corrected chi connectivity index (χ0v) is 9.88. The Kier molecular flexibility index (Phi) is 3.79. The van der Waals surface area contributed by atoms with Gasteiger partial charge in [0.25, 0.3) is 0 Å². The molecular formula is C14H10FNS. The van der Waals surface area contributed by atoms with Gasteiger partial charge in [-0.25, -0.2) is 4.39 Å². The van der Waals surface area contributed by atoms with Crippen LogP contribution in [-0.2, 0) is 5.75 Å². The summed E-state index contributed by atoms with van der Waals surface area (Å²) in [5.74, 6) is 0.429. The van der Waals surface area contributed by atoms with E-state index in [9.17, 15) is 4.39 Å². The Morgan fingerprint density at radius 1 is 1.12 bits per heavy atom. The van der Waals surface area contributed by atoms with Crippen LogP contribution in [0.15, 0.2) is 53.4 Å². The van der Waals surface area contributed by atoms with Crippen LogP contribution in [0.1, 0.15) is 11.1 Å². The van der Waals surface area contributed by atoms with E-state index in [4.69, 9.17) is 5.26 Å². The van der Waals surface area contributed by atoms with Crippen molar-refractivity contribution in [3.05, 3.63) is 65.5 Å². The third-order valence-corrected chi connectivity index (χ3v) is 3.43. The summed E-state index contributed by atoms with van der Waals surface area (Å²) < 4.78 is 13.1. The van der Waals surface area contributed by atoms with E-state index in [2.05, 4.69) is 6.07 Å². The molecule has 0 N–H and O–H groups in total. The summed E-state index contributed by atoms with van der Waals surface area (Å²) in [6.07, 6.45) is 0. The molecule has 0 heterocycles. The molecule has 1 nitrogen and oxygen atoms in total. The Hall–Kier alpha value is -1.79. The highest BCUT2D eigenvalue weighted by molar-refractivity contribution is 7.98. The molecule has 0 atom stereocenters. The average Bonchev–Trinajstić information content (AvgIpc) is 2.38. The van der Waals surface area contributed by atoms with E-state index < -0.39 is 0 Å². The number of benzene rings is 2. The highest BCUT2D eigenvalue weighted by Crippen LogP contribution is 2.26. The highest BCUT2D eigenvalue weighted by Gasteiger charge is 2.04. The lowest BCUT2D eigenvalue weighted by atomic mass is 10.2. The van der Waals surface area contributed by atoms with E-state index in [-0.39, 0.29) is 5.82 Å². The van der Waals surface area contributed by atoms with Crippen LogP contribution in [0.2, 0.25) is 0 Å². The summed E-state index contributed by atoms with van der Waals surface area (Å²) in [6, 6.07) is 16.2. The van der Waals surface area contributed by atoms with E-state index in [1.165, 1.54) is 30.0 Å². The van der Waals surface area contributed by atoms with Crippen LogP contribution in [0.4, 0.5) is 4.39 Å². The molecule has 17 heavy (non-hydrogen) atoms. The Labute approximate surface area is 104 Å². The average molecular weight is 243 g/mol. The topological polar surface area (TPSA) is 23.8 Å². The molecule has 0 aromatic heterocycles. The van der Waals surface area contributed by atoms with Gasteiger partial charge in [-0.2, -0.15) is 5.26 Å². The number of thioether (sulfide) groups is 1.